The first kappa shape index (κ1) is 23.3. The van der Waals surface area contributed by atoms with Crippen LogP contribution in [0.15, 0.2) is 24.3 Å². The molecule has 4 aliphatic heterocycles. The molecule has 5 fully saturated rings. The van der Waals surface area contributed by atoms with Gasteiger partial charge in [-0.2, -0.15) is 0 Å². The van der Waals surface area contributed by atoms with E-state index >= 15 is 0 Å². The highest BCUT2D eigenvalue weighted by Gasteiger charge is 2.39. The number of nitrogens with one attached hydrogen (secondary N) is 1. The maximum absolute atomic E-state index is 13.3. The maximum Gasteiger partial charge on any atom is 0.254 e. The van der Waals surface area contributed by atoms with E-state index in [0.717, 1.165) is 57.5 Å². The van der Waals surface area contributed by atoms with E-state index in [9.17, 15) is 4.79 Å². The summed E-state index contributed by atoms with van der Waals surface area (Å²) in [7, 11) is 0. The van der Waals surface area contributed by atoms with Gasteiger partial charge in [0.15, 0.2) is 0 Å². The minimum atomic E-state index is 0.141. The van der Waals surface area contributed by atoms with E-state index in [1.54, 1.807) is 0 Å². The summed E-state index contributed by atoms with van der Waals surface area (Å²) in [5.41, 5.74) is 9.06. The number of fused-ring (bicyclic) bond motifs is 4. The Balaban J connectivity index is 1.28. The molecule has 1 aromatic carbocycles. The largest absolute Gasteiger partial charge is 0.334 e. The van der Waals surface area contributed by atoms with Crippen molar-refractivity contribution in [2.45, 2.75) is 101 Å². The first-order valence-corrected chi connectivity index (χ1v) is 13.8. The van der Waals surface area contributed by atoms with Crippen LogP contribution in [0.3, 0.4) is 0 Å². The van der Waals surface area contributed by atoms with E-state index in [1.807, 2.05) is 0 Å². The molecule has 6 rings (SSSR count). The topological polar surface area (TPSA) is 61.6 Å². The molecule has 1 saturated carbocycles. The molecule has 5 nitrogen and oxygen atoms in total. The lowest BCUT2D eigenvalue weighted by Gasteiger charge is -2.46. The quantitative estimate of drug-likeness (QED) is 0.703. The zero-order chi connectivity index (χ0) is 22.7. The van der Waals surface area contributed by atoms with Gasteiger partial charge in [0, 0.05) is 61.8 Å². The van der Waals surface area contributed by atoms with Crippen molar-refractivity contribution in [2.75, 3.05) is 32.7 Å². The summed E-state index contributed by atoms with van der Waals surface area (Å²) in [4.78, 5) is 18.0. The van der Waals surface area contributed by atoms with E-state index in [0.29, 0.717) is 12.0 Å². The highest BCUT2D eigenvalue weighted by Crippen LogP contribution is 2.39. The number of carbonyl (C=O) groups excluding carboxylic acids is 1. The normalized spacial score (nSPS) is 32.9. The van der Waals surface area contributed by atoms with Crippen molar-refractivity contribution in [3.63, 3.8) is 0 Å². The van der Waals surface area contributed by atoms with Gasteiger partial charge < -0.3 is 20.9 Å². The maximum atomic E-state index is 13.3. The molecule has 5 heteroatoms. The zero-order valence-electron chi connectivity index (χ0n) is 20.4. The first-order valence-electron chi connectivity index (χ1n) is 13.8. The van der Waals surface area contributed by atoms with E-state index in [2.05, 4.69) is 39.4 Å². The number of amides is 1. The summed E-state index contributed by atoms with van der Waals surface area (Å²) in [5.74, 6) is 0.591. The molecule has 1 aromatic rings. The summed E-state index contributed by atoms with van der Waals surface area (Å²) in [6.07, 6.45) is 15.5. The molecule has 1 aliphatic carbocycles. The summed E-state index contributed by atoms with van der Waals surface area (Å²) < 4.78 is 0. The smallest absolute Gasteiger partial charge is 0.254 e. The summed E-state index contributed by atoms with van der Waals surface area (Å²) in [5, 5.41) is 3.90. The fourth-order valence-corrected chi connectivity index (χ4v) is 7.00. The van der Waals surface area contributed by atoms with Crippen LogP contribution in [0.4, 0.5) is 0 Å². The SMILES string of the molecule is NC1CNC2(CCCCCCCCC2)CC1c1ccc(C(=O)N2CCN3CCC2CC3)cc1. The van der Waals surface area contributed by atoms with E-state index in [-0.39, 0.29) is 17.5 Å². The number of hydrogen-bond acceptors (Lipinski definition) is 4. The van der Waals surface area contributed by atoms with Crippen LogP contribution in [-0.2, 0) is 0 Å². The van der Waals surface area contributed by atoms with Crippen LogP contribution in [0, 0.1) is 0 Å². The number of benzene rings is 1. The summed E-state index contributed by atoms with van der Waals surface area (Å²) in [6.45, 7) is 5.07. The van der Waals surface area contributed by atoms with E-state index in [1.165, 1.54) is 63.4 Å². The van der Waals surface area contributed by atoms with Gasteiger partial charge in [0.1, 0.15) is 0 Å². The third-order valence-corrected chi connectivity index (χ3v) is 9.15. The minimum Gasteiger partial charge on any atom is -0.334 e. The van der Waals surface area contributed by atoms with Gasteiger partial charge in [0.25, 0.3) is 5.91 Å². The van der Waals surface area contributed by atoms with Crippen LogP contribution in [-0.4, -0.2) is 66.1 Å². The van der Waals surface area contributed by atoms with Gasteiger partial charge >= 0.3 is 0 Å². The average molecular weight is 453 g/mol. The van der Waals surface area contributed by atoms with Gasteiger partial charge in [0.05, 0.1) is 0 Å². The van der Waals surface area contributed by atoms with Crippen molar-refractivity contribution in [2.24, 2.45) is 5.73 Å². The van der Waals surface area contributed by atoms with Crippen molar-refractivity contribution >= 4 is 5.91 Å². The van der Waals surface area contributed by atoms with E-state index < -0.39 is 0 Å². The fourth-order valence-electron chi connectivity index (χ4n) is 7.00. The molecule has 182 valence electrons. The second-order valence-corrected chi connectivity index (χ2v) is 11.3. The molecule has 1 spiro atoms. The molecule has 33 heavy (non-hydrogen) atoms. The van der Waals surface area contributed by atoms with Crippen LogP contribution in [0.5, 0.6) is 0 Å². The number of hydrogen-bond donors (Lipinski definition) is 2. The van der Waals surface area contributed by atoms with Crippen LogP contribution >= 0.6 is 0 Å². The Morgan fingerprint density at radius 3 is 2.18 bits per heavy atom. The molecule has 2 atom stereocenters. The van der Waals surface area contributed by atoms with Crippen LogP contribution in [0.1, 0.15) is 98.9 Å². The minimum absolute atomic E-state index is 0.141. The lowest BCUT2D eigenvalue weighted by molar-refractivity contribution is 0.0685. The molecule has 5 aliphatic rings. The van der Waals surface area contributed by atoms with Crippen LogP contribution in [0.2, 0.25) is 0 Å². The molecule has 2 unspecified atom stereocenters. The van der Waals surface area contributed by atoms with Gasteiger partial charge in [-0.25, -0.2) is 0 Å². The molecule has 1 amide bonds. The van der Waals surface area contributed by atoms with Crippen LogP contribution < -0.4 is 11.1 Å². The van der Waals surface area contributed by atoms with Crippen molar-refractivity contribution in [3.05, 3.63) is 35.4 Å². The Morgan fingerprint density at radius 2 is 1.52 bits per heavy atom. The highest BCUT2D eigenvalue weighted by atomic mass is 16.2. The lowest BCUT2D eigenvalue weighted by atomic mass is 9.71. The highest BCUT2D eigenvalue weighted by molar-refractivity contribution is 5.94. The third kappa shape index (κ3) is 5.31. The van der Waals surface area contributed by atoms with Gasteiger partial charge in [0.2, 0.25) is 0 Å². The Labute approximate surface area is 200 Å². The molecule has 2 bridgehead atoms. The zero-order valence-corrected chi connectivity index (χ0v) is 20.4. The second kappa shape index (κ2) is 10.5. The van der Waals surface area contributed by atoms with Crippen LogP contribution in [0.25, 0.3) is 0 Å². The van der Waals surface area contributed by atoms with Gasteiger partial charge in [-0.15, -0.1) is 0 Å². The van der Waals surface area contributed by atoms with Crippen molar-refractivity contribution in [1.29, 1.82) is 0 Å². The van der Waals surface area contributed by atoms with E-state index in [4.69, 9.17) is 5.73 Å². The fraction of sp³-hybridized carbons (Fsp3) is 0.750. The molecule has 4 saturated heterocycles. The number of nitrogens with two attached hydrogens (primary N) is 1. The van der Waals surface area contributed by atoms with Crippen molar-refractivity contribution in [1.82, 2.24) is 15.1 Å². The molecule has 4 heterocycles. The molecule has 0 radical (unpaired) electrons. The Hall–Kier alpha value is -1.43. The first-order chi connectivity index (χ1) is 16.1. The number of nitrogens with zero attached hydrogens (tertiary/aromatic N) is 2. The number of carbonyl (C=O) groups is 1. The average Bonchev–Trinajstić information content (AvgIpc) is 3.19. The molecule has 0 aromatic heterocycles. The molecular weight excluding hydrogens is 408 g/mol. The standard InChI is InChI=1S/C28H44N4O/c29-26-21-30-28(14-6-4-2-1-3-5-7-15-28)20-25(26)22-8-10-23(11-9-22)27(33)32-19-18-31-16-12-24(32)13-17-31/h8-11,24-26,30H,1-7,12-21,29H2. The Kier molecular flexibility index (Phi) is 7.39. The number of rotatable bonds is 2. The Morgan fingerprint density at radius 1 is 0.879 bits per heavy atom. The number of piperidine rings is 2. The Bertz CT molecular complexity index is 776. The molecular formula is C28H44N4O. The molecule has 3 N–H and O–H groups in total. The predicted octanol–water partition coefficient (Wildman–Crippen LogP) is 4.27. The monoisotopic (exact) mass is 452 g/mol. The van der Waals surface area contributed by atoms with Crippen molar-refractivity contribution in [3.8, 4) is 0 Å². The van der Waals surface area contributed by atoms with Gasteiger partial charge in [-0.1, -0.05) is 57.1 Å². The lowest BCUT2D eigenvalue weighted by Crippen LogP contribution is -2.58. The second-order valence-electron chi connectivity index (χ2n) is 11.3. The predicted molar refractivity (Wildman–Crippen MR) is 135 cm³/mol. The summed E-state index contributed by atoms with van der Waals surface area (Å²) >= 11 is 0. The van der Waals surface area contributed by atoms with Crippen molar-refractivity contribution < 1.29 is 4.79 Å². The summed E-state index contributed by atoms with van der Waals surface area (Å²) in [6, 6.07) is 9.11. The van der Waals surface area contributed by atoms with Gasteiger partial charge in [-0.05, 0) is 49.8 Å². The van der Waals surface area contributed by atoms with Gasteiger partial charge in [-0.3, -0.25) is 4.79 Å². The third-order valence-electron chi connectivity index (χ3n) is 9.15.